The standard InChI is InChI=1S/C40H44Br2N2S4/c1-3-5-7-9-11-13-15-27-17-21-33(45-27)39-40(34-22-18-28(46-34)16-14-12-10-8-6-4-2)44-38-30(32-24-26-36(42)48-32)20-19-29(37(38)43-39)31-23-25-35(41)47-31/h17-26H,3-16H2,1-2H3. The summed E-state index contributed by atoms with van der Waals surface area (Å²) in [5.41, 5.74) is 6.24. The Morgan fingerprint density at radius 2 is 0.833 bits per heavy atom. The van der Waals surface area contributed by atoms with Crippen molar-refractivity contribution in [2.24, 2.45) is 0 Å². The van der Waals surface area contributed by atoms with E-state index in [0.717, 1.165) is 54.0 Å². The van der Waals surface area contributed by atoms with Gasteiger partial charge in [-0.2, -0.15) is 0 Å². The van der Waals surface area contributed by atoms with Crippen LogP contribution in [0.2, 0.25) is 0 Å². The van der Waals surface area contributed by atoms with Gasteiger partial charge in [0.1, 0.15) is 11.4 Å². The lowest BCUT2D eigenvalue weighted by molar-refractivity contribution is 0.609. The van der Waals surface area contributed by atoms with E-state index in [1.807, 2.05) is 22.7 Å². The molecule has 5 heterocycles. The minimum atomic E-state index is 0.972. The van der Waals surface area contributed by atoms with Crippen molar-refractivity contribution in [1.82, 2.24) is 9.97 Å². The van der Waals surface area contributed by atoms with Gasteiger partial charge in [-0.15, -0.1) is 45.3 Å². The number of hydrogen-bond donors (Lipinski definition) is 0. The molecule has 1 aromatic carbocycles. The average Bonchev–Trinajstić information content (AvgIpc) is 3.92. The Bertz CT molecular complexity index is 1780. The molecule has 48 heavy (non-hydrogen) atoms. The van der Waals surface area contributed by atoms with Crippen molar-refractivity contribution in [3.8, 4) is 42.0 Å². The summed E-state index contributed by atoms with van der Waals surface area (Å²) in [6, 6.07) is 22.4. The van der Waals surface area contributed by atoms with Crippen LogP contribution in [0.4, 0.5) is 0 Å². The average molecular weight is 841 g/mol. The van der Waals surface area contributed by atoms with E-state index in [4.69, 9.17) is 9.97 Å². The van der Waals surface area contributed by atoms with Crippen LogP contribution in [0.3, 0.4) is 0 Å². The first kappa shape index (κ1) is 36.1. The maximum absolute atomic E-state index is 5.60. The fraction of sp³-hybridized carbons (Fsp3) is 0.400. The van der Waals surface area contributed by atoms with Crippen LogP contribution in [0.1, 0.15) is 101 Å². The summed E-state index contributed by atoms with van der Waals surface area (Å²) < 4.78 is 2.24. The Hall–Kier alpha value is -1.68. The molecule has 2 nitrogen and oxygen atoms in total. The number of aromatic nitrogens is 2. The third-order valence-corrected chi connectivity index (χ3v) is 14.5. The number of hydrogen-bond acceptors (Lipinski definition) is 6. The fourth-order valence-corrected chi connectivity index (χ4v) is 11.1. The molecule has 0 unspecified atom stereocenters. The van der Waals surface area contributed by atoms with Crippen molar-refractivity contribution in [3.63, 3.8) is 0 Å². The molecule has 252 valence electrons. The third-order valence-electron chi connectivity index (χ3n) is 8.84. The second-order valence-electron chi connectivity index (χ2n) is 12.6. The Kier molecular flexibility index (Phi) is 13.5. The summed E-state index contributed by atoms with van der Waals surface area (Å²) in [6.45, 7) is 4.57. The topological polar surface area (TPSA) is 25.8 Å². The molecule has 0 radical (unpaired) electrons. The summed E-state index contributed by atoms with van der Waals surface area (Å²) in [4.78, 5) is 18.9. The second kappa shape index (κ2) is 18.0. The Balaban J connectivity index is 1.40. The van der Waals surface area contributed by atoms with E-state index in [1.165, 1.54) is 106 Å². The highest BCUT2D eigenvalue weighted by atomic mass is 79.9. The highest BCUT2D eigenvalue weighted by Crippen LogP contribution is 2.44. The maximum Gasteiger partial charge on any atom is 0.108 e. The number of nitrogens with zero attached hydrogens (tertiary/aromatic N) is 2. The number of unbranched alkanes of at least 4 members (excludes halogenated alkanes) is 10. The van der Waals surface area contributed by atoms with Crippen LogP contribution in [-0.2, 0) is 12.8 Å². The smallest absolute Gasteiger partial charge is 0.108 e. The zero-order valence-electron chi connectivity index (χ0n) is 28.0. The molecule has 0 fully saturated rings. The second-order valence-corrected chi connectivity index (χ2v) is 19.8. The number of halogens is 2. The SMILES string of the molecule is CCCCCCCCc1ccc(-c2nc3c(-c4ccc(Br)s4)ccc(-c4ccc(Br)s4)c3nc2-c2ccc(CCCCCCCC)s2)s1. The molecule has 0 aliphatic carbocycles. The lowest BCUT2D eigenvalue weighted by Crippen LogP contribution is -1.96. The third kappa shape index (κ3) is 9.15. The van der Waals surface area contributed by atoms with Crippen LogP contribution in [0.25, 0.3) is 53.1 Å². The van der Waals surface area contributed by atoms with Crippen LogP contribution >= 0.6 is 77.2 Å². The first-order valence-corrected chi connectivity index (χ1v) is 22.4. The first-order chi connectivity index (χ1) is 23.5. The number of benzene rings is 1. The van der Waals surface area contributed by atoms with E-state index >= 15 is 0 Å². The molecule has 0 amide bonds. The molecule has 0 saturated heterocycles. The van der Waals surface area contributed by atoms with E-state index in [2.05, 4.69) is 106 Å². The molecular weight excluding hydrogens is 797 g/mol. The van der Waals surface area contributed by atoms with Gasteiger partial charge in [0.2, 0.25) is 0 Å². The van der Waals surface area contributed by atoms with Crippen LogP contribution in [0.15, 0.2) is 68.2 Å². The first-order valence-electron chi connectivity index (χ1n) is 17.6. The van der Waals surface area contributed by atoms with Crippen molar-refractivity contribution in [1.29, 1.82) is 0 Å². The predicted octanol–water partition coefficient (Wildman–Crippen LogP) is 15.9. The van der Waals surface area contributed by atoms with Gasteiger partial charge < -0.3 is 0 Å². The van der Waals surface area contributed by atoms with Crippen molar-refractivity contribution < 1.29 is 0 Å². The summed E-state index contributed by atoms with van der Waals surface area (Å²) in [6.07, 6.45) is 18.1. The highest BCUT2D eigenvalue weighted by Gasteiger charge is 2.22. The van der Waals surface area contributed by atoms with Crippen LogP contribution < -0.4 is 0 Å². The van der Waals surface area contributed by atoms with Gasteiger partial charge in [-0.25, -0.2) is 9.97 Å². The summed E-state index contributed by atoms with van der Waals surface area (Å²) in [5, 5.41) is 0. The van der Waals surface area contributed by atoms with Crippen molar-refractivity contribution in [2.45, 2.75) is 104 Å². The fourth-order valence-electron chi connectivity index (χ4n) is 6.23. The minimum absolute atomic E-state index is 0.972. The summed E-state index contributed by atoms with van der Waals surface area (Å²) in [5.74, 6) is 0. The van der Waals surface area contributed by atoms with Gasteiger partial charge in [0.15, 0.2) is 0 Å². The lowest BCUT2D eigenvalue weighted by atomic mass is 10.0. The van der Waals surface area contributed by atoms with Crippen LogP contribution in [0, 0.1) is 0 Å². The highest BCUT2D eigenvalue weighted by molar-refractivity contribution is 9.11. The zero-order valence-corrected chi connectivity index (χ0v) is 34.4. The molecule has 6 aromatic rings. The molecule has 0 atom stereocenters. The van der Waals surface area contributed by atoms with E-state index in [9.17, 15) is 0 Å². The van der Waals surface area contributed by atoms with Crippen molar-refractivity contribution >= 4 is 88.2 Å². The van der Waals surface area contributed by atoms with Crippen molar-refractivity contribution in [3.05, 3.63) is 78.0 Å². The van der Waals surface area contributed by atoms with Gasteiger partial charge in [-0.3, -0.25) is 0 Å². The number of fused-ring (bicyclic) bond motifs is 1. The molecule has 0 bridgehead atoms. The van der Waals surface area contributed by atoms with Gasteiger partial charge in [0.05, 0.1) is 28.4 Å². The molecule has 0 aliphatic rings. The maximum atomic E-state index is 5.60. The number of aryl methyl sites for hydroxylation is 2. The Labute approximate surface area is 319 Å². The number of rotatable bonds is 18. The molecular formula is C40H44Br2N2S4. The summed E-state index contributed by atoms with van der Waals surface area (Å²) >= 11 is 14.7. The predicted molar refractivity (Wildman–Crippen MR) is 222 cm³/mol. The van der Waals surface area contributed by atoms with E-state index < -0.39 is 0 Å². The lowest BCUT2D eigenvalue weighted by Gasteiger charge is -2.13. The molecule has 0 saturated carbocycles. The molecule has 0 aliphatic heterocycles. The molecule has 8 heteroatoms. The van der Waals surface area contributed by atoms with E-state index in [-0.39, 0.29) is 0 Å². The van der Waals surface area contributed by atoms with E-state index in [1.54, 1.807) is 22.7 Å². The number of thiophene rings is 4. The zero-order chi connectivity index (χ0) is 33.3. The van der Waals surface area contributed by atoms with Crippen LogP contribution in [0.5, 0.6) is 0 Å². The summed E-state index contributed by atoms with van der Waals surface area (Å²) in [7, 11) is 0. The van der Waals surface area contributed by atoms with Gasteiger partial charge >= 0.3 is 0 Å². The molecule has 6 rings (SSSR count). The molecule has 0 spiro atoms. The van der Waals surface area contributed by atoms with Gasteiger partial charge in [-0.05, 0) is 106 Å². The van der Waals surface area contributed by atoms with Gasteiger partial charge in [0.25, 0.3) is 0 Å². The largest absolute Gasteiger partial charge is 0.242 e. The quantitative estimate of drug-likeness (QED) is 0.0806. The Morgan fingerprint density at radius 1 is 0.438 bits per heavy atom. The normalized spacial score (nSPS) is 11.7. The minimum Gasteiger partial charge on any atom is -0.242 e. The molecule has 5 aromatic heterocycles. The Morgan fingerprint density at radius 3 is 1.23 bits per heavy atom. The van der Waals surface area contributed by atoms with Gasteiger partial charge in [-0.1, -0.05) is 90.2 Å². The van der Waals surface area contributed by atoms with Crippen molar-refractivity contribution in [2.75, 3.05) is 0 Å². The molecule has 0 N–H and O–H groups in total. The van der Waals surface area contributed by atoms with Gasteiger partial charge in [0, 0.05) is 30.6 Å². The van der Waals surface area contributed by atoms with E-state index in [0.29, 0.717) is 0 Å². The van der Waals surface area contributed by atoms with Crippen LogP contribution in [-0.4, -0.2) is 9.97 Å². The monoisotopic (exact) mass is 838 g/mol.